The van der Waals surface area contributed by atoms with Crippen LogP contribution in [0.3, 0.4) is 0 Å². The van der Waals surface area contributed by atoms with Crippen LogP contribution in [-0.4, -0.2) is 34.1 Å². The summed E-state index contributed by atoms with van der Waals surface area (Å²) in [5.74, 6) is -1.94. The van der Waals surface area contributed by atoms with Crippen molar-refractivity contribution in [1.82, 2.24) is 10.3 Å². The van der Waals surface area contributed by atoms with E-state index in [1.165, 1.54) is 5.56 Å². The smallest absolute Gasteiger partial charge is 0.475 e. The third-order valence-corrected chi connectivity index (χ3v) is 7.00. The summed E-state index contributed by atoms with van der Waals surface area (Å²) in [5.41, 5.74) is 10.5. The molecule has 3 aromatic carbocycles. The first-order chi connectivity index (χ1) is 22.7. The average molecular weight is 665 g/mol. The van der Waals surface area contributed by atoms with Crippen LogP contribution in [0.15, 0.2) is 97.3 Å². The van der Waals surface area contributed by atoms with Gasteiger partial charge in [-0.3, -0.25) is 14.6 Å². The maximum atomic E-state index is 13.7. The van der Waals surface area contributed by atoms with E-state index >= 15 is 0 Å². The summed E-state index contributed by atoms with van der Waals surface area (Å²) in [6.45, 7) is 7.61. The van der Waals surface area contributed by atoms with Crippen LogP contribution in [0.1, 0.15) is 55.9 Å². The predicted molar refractivity (Wildman–Crippen MR) is 176 cm³/mol. The Balaban J connectivity index is 0.000000804. The fourth-order valence-electron chi connectivity index (χ4n) is 4.38. The van der Waals surface area contributed by atoms with E-state index in [0.29, 0.717) is 36.8 Å². The molecule has 254 valence electrons. The van der Waals surface area contributed by atoms with Crippen molar-refractivity contribution >= 4 is 23.5 Å². The second-order valence-electron chi connectivity index (χ2n) is 11.8. The minimum atomic E-state index is -5.08. The summed E-state index contributed by atoms with van der Waals surface area (Å²) in [4.78, 5) is 41.0. The molecule has 0 saturated heterocycles. The normalized spacial score (nSPS) is 11.1. The van der Waals surface area contributed by atoms with E-state index < -0.39 is 12.1 Å². The molecule has 0 unspecified atom stereocenters. The number of hydrogen-bond donors (Lipinski definition) is 3. The standard InChI is InChI=1S/C34H38N4O3.C2HF3O2/c1-34(2,3)28-15-13-25(14-16-28)24-38(33(40)18-17-32(39)37-23-27-9-7-19-36-22-27)30-11-4-5-12-31(30)41-29-10-6-8-26(20-29)21-35;3-2(4,5)1(6)7/h4-16,19-20,22H,17-18,21,23-24,35H2,1-3H3,(H,37,39);(H,6,7). The predicted octanol–water partition coefficient (Wildman–Crippen LogP) is 6.89. The molecule has 0 aliphatic heterocycles. The van der Waals surface area contributed by atoms with Crippen LogP contribution in [0.2, 0.25) is 0 Å². The van der Waals surface area contributed by atoms with Gasteiger partial charge in [-0.1, -0.05) is 75.4 Å². The zero-order chi connectivity index (χ0) is 35.3. The number of aromatic nitrogens is 1. The molecule has 0 aliphatic rings. The molecule has 0 saturated carbocycles. The summed E-state index contributed by atoms with van der Waals surface area (Å²) in [7, 11) is 0. The number of rotatable bonds is 11. The van der Waals surface area contributed by atoms with E-state index in [0.717, 1.165) is 16.7 Å². The van der Waals surface area contributed by atoms with Crippen molar-refractivity contribution in [2.24, 2.45) is 5.73 Å². The molecule has 9 nitrogen and oxygen atoms in total. The van der Waals surface area contributed by atoms with Crippen molar-refractivity contribution in [3.63, 3.8) is 0 Å². The topological polar surface area (TPSA) is 135 Å². The van der Waals surface area contributed by atoms with E-state index in [4.69, 9.17) is 20.4 Å². The van der Waals surface area contributed by atoms with Gasteiger partial charge in [0.05, 0.1) is 12.2 Å². The molecular formula is C36H39F3N4O5. The number of carbonyl (C=O) groups is 3. The third-order valence-electron chi connectivity index (χ3n) is 7.00. The lowest BCUT2D eigenvalue weighted by molar-refractivity contribution is -0.192. The van der Waals surface area contributed by atoms with Gasteiger partial charge < -0.3 is 25.8 Å². The molecule has 0 fully saturated rings. The second kappa shape index (κ2) is 17.1. The Morgan fingerprint density at radius 3 is 2.15 bits per heavy atom. The van der Waals surface area contributed by atoms with E-state index in [2.05, 4.69) is 55.3 Å². The second-order valence-corrected chi connectivity index (χ2v) is 11.8. The number of pyridine rings is 1. The first-order valence-corrected chi connectivity index (χ1v) is 15.1. The number of anilines is 1. The maximum absolute atomic E-state index is 13.7. The first kappa shape index (κ1) is 37.2. The number of carbonyl (C=O) groups excluding carboxylic acids is 2. The Hall–Kier alpha value is -5.23. The zero-order valence-electron chi connectivity index (χ0n) is 27.0. The van der Waals surface area contributed by atoms with Crippen molar-refractivity contribution in [2.45, 2.75) is 64.8 Å². The van der Waals surface area contributed by atoms with Gasteiger partial charge in [-0.25, -0.2) is 4.79 Å². The number of ether oxygens (including phenoxy) is 1. The summed E-state index contributed by atoms with van der Waals surface area (Å²) in [6, 6.07) is 27.1. The highest BCUT2D eigenvalue weighted by molar-refractivity contribution is 5.96. The van der Waals surface area contributed by atoms with Crippen molar-refractivity contribution in [2.75, 3.05) is 4.90 Å². The molecule has 12 heteroatoms. The molecule has 2 amide bonds. The van der Waals surface area contributed by atoms with Crippen LogP contribution >= 0.6 is 0 Å². The maximum Gasteiger partial charge on any atom is 0.490 e. The van der Waals surface area contributed by atoms with Crippen LogP contribution in [0, 0.1) is 0 Å². The number of alkyl halides is 3. The monoisotopic (exact) mass is 664 g/mol. The molecule has 1 aromatic heterocycles. The average Bonchev–Trinajstić information content (AvgIpc) is 3.06. The number of aliphatic carboxylic acids is 1. The first-order valence-electron chi connectivity index (χ1n) is 15.1. The number of benzene rings is 3. The van der Waals surface area contributed by atoms with Crippen LogP contribution in [0.4, 0.5) is 18.9 Å². The number of hydrogen-bond acceptors (Lipinski definition) is 6. The van der Waals surface area contributed by atoms with Crippen LogP contribution < -0.4 is 20.7 Å². The molecule has 0 aliphatic carbocycles. The fourth-order valence-corrected chi connectivity index (χ4v) is 4.38. The lowest BCUT2D eigenvalue weighted by atomic mass is 9.87. The summed E-state index contributed by atoms with van der Waals surface area (Å²) < 4.78 is 38.0. The molecule has 0 spiro atoms. The van der Waals surface area contributed by atoms with Crippen molar-refractivity contribution in [3.8, 4) is 11.5 Å². The molecule has 0 bridgehead atoms. The number of nitrogens with two attached hydrogens (primary N) is 1. The molecule has 4 aromatic rings. The Kier molecular flexibility index (Phi) is 13.2. The number of amides is 2. The number of halogens is 3. The van der Waals surface area contributed by atoms with Gasteiger partial charge in [0, 0.05) is 38.3 Å². The minimum Gasteiger partial charge on any atom is -0.475 e. The van der Waals surface area contributed by atoms with Gasteiger partial charge in [0.15, 0.2) is 5.75 Å². The zero-order valence-corrected chi connectivity index (χ0v) is 27.0. The van der Waals surface area contributed by atoms with Crippen LogP contribution in [0.5, 0.6) is 11.5 Å². The van der Waals surface area contributed by atoms with E-state index in [1.807, 2.05) is 60.7 Å². The molecule has 4 rings (SSSR count). The van der Waals surface area contributed by atoms with Gasteiger partial charge in [-0.15, -0.1) is 0 Å². The summed E-state index contributed by atoms with van der Waals surface area (Å²) in [5, 5.41) is 10.00. The molecule has 48 heavy (non-hydrogen) atoms. The lowest BCUT2D eigenvalue weighted by Crippen LogP contribution is -2.32. The number of nitrogens with zero attached hydrogens (tertiary/aromatic N) is 2. The number of carboxylic acid groups (broad SMARTS) is 1. The molecule has 0 radical (unpaired) electrons. The van der Waals surface area contributed by atoms with Gasteiger partial charge in [-0.05, 0) is 58.0 Å². The Morgan fingerprint density at radius 2 is 1.54 bits per heavy atom. The third kappa shape index (κ3) is 11.8. The highest BCUT2D eigenvalue weighted by Crippen LogP contribution is 2.34. The SMILES string of the molecule is CC(C)(C)c1ccc(CN(C(=O)CCC(=O)NCc2cccnc2)c2ccccc2Oc2cccc(CN)c2)cc1.O=C(O)C(F)(F)F. The molecule has 1 heterocycles. The van der Waals surface area contributed by atoms with Gasteiger partial charge in [0.2, 0.25) is 11.8 Å². The Labute approximate surface area is 277 Å². The molecular weight excluding hydrogens is 625 g/mol. The van der Waals surface area contributed by atoms with Gasteiger partial charge in [0.25, 0.3) is 0 Å². The quantitative estimate of drug-likeness (QED) is 0.159. The highest BCUT2D eigenvalue weighted by Gasteiger charge is 2.38. The Bertz CT molecular complexity index is 1660. The molecule has 4 N–H and O–H groups in total. The van der Waals surface area contributed by atoms with Crippen LogP contribution in [-0.2, 0) is 39.4 Å². The van der Waals surface area contributed by atoms with Crippen molar-refractivity contribution < 1.29 is 37.4 Å². The molecule has 0 atom stereocenters. The minimum absolute atomic E-state index is 0.0235. The van der Waals surface area contributed by atoms with Crippen molar-refractivity contribution in [1.29, 1.82) is 0 Å². The highest BCUT2D eigenvalue weighted by atomic mass is 19.4. The number of carboxylic acids is 1. The van der Waals surface area contributed by atoms with Crippen molar-refractivity contribution in [3.05, 3.63) is 120 Å². The summed E-state index contributed by atoms with van der Waals surface area (Å²) in [6.07, 6.45) is -1.57. The largest absolute Gasteiger partial charge is 0.490 e. The summed E-state index contributed by atoms with van der Waals surface area (Å²) >= 11 is 0. The number of para-hydroxylation sites is 2. The van der Waals surface area contributed by atoms with E-state index in [-0.39, 0.29) is 30.1 Å². The van der Waals surface area contributed by atoms with Gasteiger partial charge in [-0.2, -0.15) is 13.2 Å². The lowest BCUT2D eigenvalue weighted by Gasteiger charge is -2.26. The Morgan fingerprint density at radius 1 is 0.875 bits per heavy atom. The van der Waals surface area contributed by atoms with Gasteiger partial charge >= 0.3 is 12.1 Å². The fraction of sp³-hybridized carbons (Fsp3) is 0.278. The van der Waals surface area contributed by atoms with E-state index in [1.54, 1.807) is 17.3 Å². The van der Waals surface area contributed by atoms with Gasteiger partial charge in [0.1, 0.15) is 5.75 Å². The van der Waals surface area contributed by atoms with E-state index in [9.17, 15) is 22.8 Å². The van der Waals surface area contributed by atoms with Crippen LogP contribution in [0.25, 0.3) is 0 Å². The number of nitrogens with one attached hydrogen (secondary N) is 1.